The summed E-state index contributed by atoms with van der Waals surface area (Å²) in [6, 6.07) is 15.9. The summed E-state index contributed by atoms with van der Waals surface area (Å²) >= 11 is 1.59. The normalized spacial score (nSPS) is 11.3. The largest absolute Gasteiger partial charge is 0.306 e. The van der Waals surface area contributed by atoms with Gasteiger partial charge in [-0.15, -0.1) is 16.8 Å². The van der Waals surface area contributed by atoms with Crippen LogP contribution in [0.25, 0.3) is 22.4 Å². The zero-order valence-corrected chi connectivity index (χ0v) is 16.9. The van der Waals surface area contributed by atoms with Gasteiger partial charge in [-0.2, -0.15) is 0 Å². The van der Waals surface area contributed by atoms with E-state index in [1.807, 2.05) is 39.4 Å². The van der Waals surface area contributed by atoms with Gasteiger partial charge in [0.2, 0.25) is 5.78 Å². The fourth-order valence-electron chi connectivity index (χ4n) is 3.44. The molecule has 0 saturated heterocycles. The third-order valence-electron chi connectivity index (χ3n) is 4.90. The number of nitrogens with zero attached hydrogens (tertiary/aromatic N) is 6. The van der Waals surface area contributed by atoms with E-state index < -0.39 is 0 Å². The van der Waals surface area contributed by atoms with Gasteiger partial charge in [0.05, 0.1) is 17.2 Å². The van der Waals surface area contributed by atoms with Gasteiger partial charge >= 0.3 is 0 Å². The van der Waals surface area contributed by atoms with Crippen molar-refractivity contribution in [1.29, 1.82) is 0 Å². The van der Waals surface area contributed by atoms with Crippen molar-refractivity contribution >= 4 is 28.4 Å². The van der Waals surface area contributed by atoms with Crippen LogP contribution in [0.15, 0.2) is 89.9 Å². The van der Waals surface area contributed by atoms with E-state index in [9.17, 15) is 4.79 Å². The molecule has 0 bridgehead atoms. The summed E-state index contributed by atoms with van der Waals surface area (Å²) in [5, 5.41) is 10.1. The van der Waals surface area contributed by atoms with Crippen LogP contribution in [0.1, 0.15) is 5.56 Å². The van der Waals surface area contributed by atoms with Gasteiger partial charge in [0.25, 0.3) is 5.56 Å². The molecule has 8 heteroatoms. The van der Waals surface area contributed by atoms with E-state index in [1.54, 1.807) is 34.9 Å². The zero-order valence-electron chi connectivity index (χ0n) is 16.0. The molecule has 0 fully saturated rings. The Labute approximate surface area is 176 Å². The van der Waals surface area contributed by atoms with Crippen molar-refractivity contribution in [3.05, 3.63) is 95.8 Å². The number of thioether (sulfide) groups is 1. The Hall–Kier alpha value is -3.65. The van der Waals surface area contributed by atoms with E-state index in [0.29, 0.717) is 17.7 Å². The number of benzene rings is 2. The van der Waals surface area contributed by atoms with Crippen LogP contribution >= 0.6 is 11.8 Å². The number of para-hydroxylation sites is 1. The molecule has 0 atom stereocenters. The summed E-state index contributed by atoms with van der Waals surface area (Å²) in [6.07, 6.45) is 7.15. The van der Waals surface area contributed by atoms with Gasteiger partial charge < -0.3 is 4.57 Å². The third-order valence-corrected chi connectivity index (χ3v) is 5.90. The molecule has 0 aliphatic carbocycles. The van der Waals surface area contributed by atoms with Crippen LogP contribution in [-0.4, -0.2) is 28.7 Å². The summed E-state index contributed by atoms with van der Waals surface area (Å²) in [6.45, 7) is 4.14. The quantitative estimate of drug-likeness (QED) is 0.313. The van der Waals surface area contributed by atoms with Gasteiger partial charge in [-0.05, 0) is 29.8 Å². The Morgan fingerprint density at radius 2 is 1.90 bits per heavy atom. The lowest BCUT2D eigenvalue weighted by Gasteiger charge is -2.09. The van der Waals surface area contributed by atoms with Crippen LogP contribution in [-0.2, 0) is 12.3 Å². The van der Waals surface area contributed by atoms with Gasteiger partial charge in [0.15, 0.2) is 5.16 Å². The monoisotopic (exact) mass is 414 g/mol. The second-order valence-electron chi connectivity index (χ2n) is 6.76. The maximum Gasteiger partial charge on any atom is 0.263 e. The van der Waals surface area contributed by atoms with E-state index in [1.165, 1.54) is 5.56 Å². The molecular weight excluding hydrogens is 396 g/mol. The van der Waals surface area contributed by atoms with Gasteiger partial charge in [-0.1, -0.05) is 42.1 Å². The number of hydrogen-bond donors (Lipinski definition) is 0. The molecule has 148 valence electrons. The molecule has 0 amide bonds. The van der Waals surface area contributed by atoms with E-state index >= 15 is 0 Å². The second kappa shape index (κ2) is 7.64. The molecule has 3 heterocycles. The third kappa shape index (κ3) is 3.11. The molecule has 0 aliphatic rings. The fourth-order valence-corrected chi connectivity index (χ4v) is 4.34. The minimum absolute atomic E-state index is 0.0861. The number of hydrogen-bond acceptors (Lipinski definition) is 5. The van der Waals surface area contributed by atoms with Crippen molar-refractivity contribution < 1.29 is 0 Å². The first-order chi connectivity index (χ1) is 14.8. The average molecular weight is 414 g/mol. The molecule has 0 N–H and O–H groups in total. The maximum absolute atomic E-state index is 12.9. The SMILES string of the molecule is C=CCn1c(=O)c2ccccc2n2c(SCc3ccc(-n4ccnc4)cc3)nnc12. The average Bonchev–Trinajstić information content (AvgIpc) is 3.46. The number of aromatic nitrogens is 6. The lowest BCUT2D eigenvalue weighted by atomic mass is 10.2. The number of allylic oxidation sites excluding steroid dienone is 1. The van der Waals surface area contributed by atoms with Crippen LogP contribution in [0.2, 0.25) is 0 Å². The first-order valence-corrected chi connectivity index (χ1v) is 10.4. The van der Waals surface area contributed by atoms with Crippen LogP contribution in [0, 0.1) is 0 Å². The molecule has 0 radical (unpaired) electrons. The van der Waals surface area contributed by atoms with E-state index in [2.05, 4.69) is 46.0 Å². The highest BCUT2D eigenvalue weighted by atomic mass is 32.2. The Morgan fingerprint density at radius 3 is 2.67 bits per heavy atom. The summed E-state index contributed by atoms with van der Waals surface area (Å²) in [5.74, 6) is 1.26. The first kappa shape index (κ1) is 18.4. The Bertz CT molecular complexity index is 1400. The molecule has 5 aromatic rings. The molecule has 0 saturated carbocycles. The van der Waals surface area contributed by atoms with Crippen molar-refractivity contribution in [2.45, 2.75) is 17.5 Å². The molecule has 3 aromatic heterocycles. The summed E-state index contributed by atoms with van der Waals surface area (Å²) in [5.41, 5.74) is 2.95. The maximum atomic E-state index is 12.9. The van der Waals surface area contributed by atoms with Crippen molar-refractivity contribution in [3.8, 4) is 5.69 Å². The number of fused-ring (bicyclic) bond motifs is 3. The van der Waals surface area contributed by atoms with Crippen molar-refractivity contribution in [2.75, 3.05) is 0 Å². The zero-order chi connectivity index (χ0) is 20.5. The highest BCUT2D eigenvalue weighted by Gasteiger charge is 2.16. The van der Waals surface area contributed by atoms with Gasteiger partial charge in [-0.25, -0.2) is 4.98 Å². The molecular formula is C22H18N6OS. The van der Waals surface area contributed by atoms with Gasteiger partial charge in [-0.3, -0.25) is 13.8 Å². The molecule has 0 aliphatic heterocycles. The highest BCUT2D eigenvalue weighted by molar-refractivity contribution is 7.98. The molecule has 5 rings (SSSR count). The Balaban J connectivity index is 1.51. The Morgan fingerprint density at radius 1 is 1.07 bits per heavy atom. The second-order valence-corrected chi connectivity index (χ2v) is 7.71. The number of rotatable bonds is 6. The summed E-state index contributed by atoms with van der Waals surface area (Å²) in [4.78, 5) is 17.0. The van der Waals surface area contributed by atoms with Gasteiger partial charge in [0.1, 0.15) is 0 Å². The first-order valence-electron chi connectivity index (χ1n) is 9.44. The smallest absolute Gasteiger partial charge is 0.263 e. The van der Waals surface area contributed by atoms with Crippen molar-refractivity contribution in [2.24, 2.45) is 0 Å². The topological polar surface area (TPSA) is 70.0 Å². The number of imidazole rings is 1. The predicted octanol–water partition coefficient (Wildman–Crippen LogP) is 3.71. The standard InChI is InChI=1S/C22H18N6OS/c1-2-12-27-20(29)18-5-3-4-6-19(18)28-21(27)24-25-22(28)30-14-16-7-9-17(10-8-16)26-13-11-23-15-26/h2-11,13,15H,1,12,14H2. The fraction of sp³-hybridized carbons (Fsp3) is 0.0909. The Kier molecular flexibility index (Phi) is 4.68. The molecule has 0 unspecified atom stereocenters. The minimum atomic E-state index is -0.0861. The minimum Gasteiger partial charge on any atom is -0.306 e. The highest BCUT2D eigenvalue weighted by Crippen LogP contribution is 2.25. The molecule has 30 heavy (non-hydrogen) atoms. The van der Waals surface area contributed by atoms with Gasteiger partial charge in [0, 0.05) is 30.4 Å². The van der Waals surface area contributed by atoms with Crippen LogP contribution in [0.3, 0.4) is 0 Å². The molecule has 2 aromatic carbocycles. The van der Waals surface area contributed by atoms with Crippen LogP contribution in [0.4, 0.5) is 0 Å². The lowest BCUT2D eigenvalue weighted by molar-refractivity contribution is 0.783. The van der Waals surface area contributed by atoms with Crippen LogP contribution in [0.5, 0.6) is 0 Å². The predicted molar refractivity (Wildman–Crippen MR) is 118 cm³/mol. The van der Waals surface area contributed by atoms with Crippen LogP contribution < -0.4 is 5.56 Å². The van der Waals surface area contributed by atoms with E-state index in [0.717, 1.165) is 22.1 Å². The van der Waals surface area contributed by atoms with Crippen molar-refractivity contribution in [3.63, 3.8) is 0 Å². The molecule has 7 nitrogen and oxygen atoms in total. The van der Waals surface area contributed by atoms with E-state index in [4.69, 9.17) is 0 Å². The molecule has 0 spiro atoms. The van der Waals surface area contributed by atoms with E-state index in [-0.39, 0.29) is 5.56 Å². The summed E-state index contributed by atoms with van der Waals surface area (Å²) < 4.78 is 5.52. The summed E-state index contributed by atoms with van der Waals surface area (Å²) in [7, 11) is 0. The lowest BCUT2D eigenvalue weighted by Crippen LogP contribution is -2.22. The van der Waals surface area contributed by atoms with Crippen molar-refractivity contribution in [1.82, 2.24) is 28.7 Å².